The van der Waals surface area contributed by atoms with Gasteiger partial charge in [0.25, 0.3) is 5.91 Å². The van der Waals surface area contributed by atoms with Crippen molar-refractivity contribution in [2.24, 2.45) is 0 Å². The molecule has 0 aliphatic carbocycles. The van der Waals surface area contributed by atoms with Crippen molar-refractivity contribution in [1.82, 2.24) is 4.72 Å². The van der Waals surface area contributed by atoms with E-state index in [0.29, 0.717) is 11.3 Å². The van der Waals surface area contributed by atoms with E-state index in [0.717, 1.165) is 24.3 Å². The predicted molar refractivity (Wildman–Crippen MR) is 107 cm³/mol. The second kappa shape index (κ2) is 9.59. The van der Waals surface area contributed by atoms with Gasteiger partial charge < -0.3 is 10.1 Å². The van der Waals surface area contributed by atoms with Gasteiger partial charge in [-0.05, 0) is 57.2 Å². The maximum atomic E-state index is 13.0. The van der Waals surface area contributed by atoms with Gasteiger partial charge >= 0.3 is 5.97 Å². The lowest BCUT2D eigenvalue weighted by Crippen LogP contribution is -2.42. The SMILES string of the molecule is CC(=O)c1cccc(NC(=O)C(C)OC(=O)C(C)NS(=O)(=O)c2ccc(F)cc2)c1. The first-order valence-corrected chi connectivity index (χ1v) is 10.4. The van der Waals surface area contributed by atoms with Gasteiger partial charge in [0.05, 0.1) is 4.90 Å². The molecule has 8 nitrogen and oxygen atoms in total. The molecule has 2 N–H and O–H groups in total. The van der Waals surface area contributed by atoms with E-state index in [2.05, 4.69) is 10.0 Å². The molecule has 2 aromatic rings. The second-order valence-corrected chi connectivity index (χ2v) is 8.22. The number of esters is 1. The molecular weight excluding hydrogens is 415 g/mol. The molecule has 0 aromatic heterocycles. The van der Waals surface area contributed by atoms with Gasteiger partial charge in [-0.25, -0.2) is 12.8 Å². The fourth-order valence-electron chi connectivity index (χ4n) is 2.35. The minimum atomic E-state index is -4.09. The molecule has 10 heteroatoms. The zero-order valence-corrected chi connectivity index (χ0v) is 17.3. The smallest absolute Gasteiger partial charge is 0.324 e. The van der Waals surface area contributed by atoms with E-state index < -0.39 is 39.9 Å². The summed E-state index contributed by atoms with van der Waals surface area (Å²) in [6.45, 7) is 3.97. The number of benzene rings is 2. The molecule has 2 aromatic carbocycles. The number of anilines is 1. The number of halogens is 1. The number of amides is 1. The molecule has 160 valence electrons. The number of rotatable bonds is 8. The molecule has 0 fully saturated rings. The van der Waals surface area contributed by atoms with E-state index in [1.165, 1.54) is 26.8 Å². The van der Waals surface area contributed by atoms with Crippen molar-refractivity contribution in [2.45, 2.75) is 37.8 Å². The first-order chi connectivity index (χ1) is 14.0. The number of carbonyl (C=O) groups excluding carboxylic acids is 3. The summed E-state index contributed by atoms with van der Waals surface area (Å²) in [5, 5.41) is 2.52. The van der Waals surface area contributed by atoms with Crippen molar-refractivity contribution in [1.29, 1.82) is 0 Å². The van der Waals surface area contributed by atoms with Crippen LogP contribution < -0.4 is 10.0 Å². The Labute approximate surface area is 173 Å². The molecular formula is C20H21FN2O6S. The zero-order chi connectivity index (χ0) is 22.5. The molecule has 1 amide bonds. The third kappa shape index (κ3) is 6.19. The Bertz CT molecular complexity index is 1050. The van der Waals surface area contributed by atoms with Crippen LogP contribution >= 0.6 is 0 Å². The molecule has 0 aliphatic heterocycles. The molecule has 0 heterocycles. The first-order valence-electron chi connectivity index (χ1n) is 8.90. The topological polar surface area (TPSA) is 119 Å². The highest BCUT2D eigenvalue weighted by atomic mass is 32.2. The number of ketones is 1. The Morgan fingerprint density at radius 3 is 2.27 bits per heavy atom. The lowest BCUT2D eigenvalue weighted by molar-refractivity contribution is -0.154. The molecule has 0 radical (unpaired) electrons. The van der Waals surface area contributed by atoms with Crippen LogP contribution in [0.15, 0.2) is 53.4 Å². The number of sulfonamides is 1. The minimum Gasteiger partial charge on any atom is -0.451 e. The van der Waals surface area contributed by atoms with Crippen LogP contribution in [0.1, 0.15) is 31.1 Å². The normalized spacial score (nSPS) is 13.2. The third-order valence-corrected chi connectivity index (χ3v) is 5.56. The zero-order valence-electron chi connectivity index (χ0n) is 16.5. The van der Waals surface area contributed by atoms with Gasteiger partial charge in [0, 0.05) is 11.3 Å². The Morgan fingerprint density at radius 1 is 1.03 bits per heavy atom. The molecule has 2 rings (SSSR count). The maximum Gasteiger partial charge on any atom is 0.324 e. The Balaban J connectivity index is 1.97. The van der Waals surface area contributed by atoms with Gasteiger partial charge in [-0.15, -0.1) is 0 Å². The lowest BCUT2D eigenvalue weighted by Gasteiger charge is -2.18. The molecule has 2 unspecified atom stereocenters. The van der Waals surface area contributed by atoms with E-state index in [4.69, 9.17) is 4.74 Å². The van der Waals surface area contributed by atoms with Gasteiger partial charge in [-0.3, -0.25) is 14.4 Å². The van der Waals surface area contributed by atoms with Crippen LogP contribution in [0.4, 0.5) is 10.1 Å². The first kappa shape index (κ1) is 23.2. The van der Waals surface area contributed by atoms with Crippen LogP contribution in [0.2, 0.25) is 0 Å². The Hall–Kier alpha value is -3.11. The fraction of sp³-hybridized carbons (Fsp3) is 0.250. The lowest BCUT2D eigenvalue weighted by atomic mass is 10.1. The van der Waals surface area contributed by atoms with Crippen LogP contribution in [-0.2, 0) is 24.3 Å². The third-order valence-electron chi connectivity index (χ3n) is 4.01. The summed E-state index contributed by atoms with van der Waals surface area (Å²) in [5.41, 5.74) is 0.752. The maximum absolute atomic E-state index is 13.0. The second-order valence-electron chi connectivity index (χ2n) is 6.50. The van der Waals surface area contributed by atoms with Crippen LogP contribution in [-0.4, -0.2) is 38.2 Å². The minimum absolute atomic E-state index is 0.173. The van der Waals surface area contributed by atoms with E-state index in [-0.39, 0.29) is 10.7 Å². The quantitative estimate of drug-likeness (QED) is 0.484. The number of carbonyl (C=O) groups is 3. The summed E-state index contributed by atoms with van der Waals surface area (Å²) in [6.07, 6.45) is -1.23. The van der Waals surface area contributed by atoms with E-state index in [1.54, 1.807) is 18.2 Å². The predicted octanol–water partition coefficient (Wildman–Crippen LogP) is 2.27. The van der Waals surface area contributed by atoms with Crippen LogP contribution in [0.25, 0.3) is 0 Å². The van der Waals surface area contributed by atoms with E-state index in [9.17, 15) is 27.2 Å². The fourth-order valence-corrected chi connectivity index (χ4v) is 3.54. The van der Waals surface area contributed by atoms with Crippen molar-refractivity contribution < 1.29 is 31.9 Å². The highest BCUT2D eigenvalue weighted by Crippen LogP contribution is 2.13. The summed E-state index contributed by atoms with van der Waals surface area (Å²) in [6, 6.07) is 9.01. The molecule has 30 heavy (non-hydrogen) atoms. The summed E-state index contributed by atoms with van der Waals surface area (Å²) >= 11 is 0. The number of nitrogens with one attached hydrogen (secondary N) is 2. The highest BCUT2D eigenvalue weighted by molar-refractivity contribution is 7.89. The number of Topliss-reactive ketones (excluding diaryl/α,β-unsaturated/α-hetero) is 1. The summed E-state index contributed by atoms with van der Waals surface area (Å²) in [7, 11) is -4.09. The number of ether oxygens (including phenoxy) is 1. The van der Waals surface area contributed by atoms with E-state index in [1.807, 2.05) is 0 Å². The largest absolute Gasteiger partial charge is 0.451 e. The number of hydrogen-bond donors (Lipinski definition) is 2. The van der Waals surface area contributed by atoms with Crippen molar-refractivity contribution >= 4 is 33.4 Å². The van der Waals surface area contributed by atoms with Gasteiger partial charge in [0.1, 0.15) is 11.9 Å². The Kier molecular flexibility index (Phi) is 7.41. The summed E-state index contributed by atoms with van der Waals surface area (Å²) in [5.74, 6) is -2.40. The average molecular weight is 436 g/mol. The monoisotopic (exact) mass is 436 g/mol. The Morgan fingerprint density at radius 2 is 1.67 bits per heavy atom. The van der Waals surface area contributed by atoms with Gasteiger partial charge in [0.15, 0.2) is 11.9 Å². The van der Waals surface area contributed by atoms with Gasteiger partial charge in [-0.1, -0.05) is 12.1 Å². The standard InChI is InChI=1S/C20H21FN2O6S/c1-12(23-30(27,28)18-9-7-16(21)8-10-18)20(26)29-14(3)19(25)22-17-6-4-5-15(11-17)13(2)24/h4-12,14,23H,1-3H3,(H,22,25). The molecule has 0 saturated carbocycles. The van der Waals surface area contributed by atoms with Crippen LogP contribution in [0, 0.1) is 5.82 Å². The molecule has 2 atom stereocenters. The highest BCUT2D eigenvalue weighted by Gasteiger charge is 2.26. The van der Waals surface area contributed by atoms with Crippen LogP contribution in [0.3, 0.4) is 0 Å². The van der Waals surface area contributed by atoms with Gasteiger partial charge in [-0.2, -0.15) is 4.72 Å². The van der Waals surface area contributed by atoms with Crippen molar-refractivity contribution in [3.05, 3.63) is 59.9 Å². The van der Waals surface area contributed by atoms with Crippen LogP contribution in [0.5, 0.6) is 0 Å². The summed E-state index contributed by atoms with van der Waals surface area (Å²) < 4.78 is 44.6. The van der Waals surface area contributed by atoms with E-state index >= 15 is 0 Å². The van der Waals surface area contributed by atoms with Crippen molar-refractivity contribution in [2.75, 3.05) is 5.32 Å². The van der Waals surface area contributed by atoms with Crippen molar-refractivity contribution in [3.63, 3.8) is 0 Å². The van der Waals surface area contributed by atoms with Gasteiger partial charge in [0.2, 0.25) is 10.0 Å². The molecule has 0 bridgehead atoms. The molecule has 0 aliphatic rings. The van der Waals surface area contributed by atoms with Crippen molar-refractivity contribution in [3.8, 4) is 0 Å². The average Bonchev–Trinajstić information content (AvgIpc) is 2.68. The molecule has 0 saturated heterocycles. The number of hydrogen-bond acceptors (Lipinski definition) is 6. The summed E-state index contributed by atoms with van der Waals surface area (Å²) in [4.78, 5) is 35.6. The molecule has 0 spiro atoms.